The number of benzene rings is 1. The van der Waals surface area contributed by atoms with Crippen LogP contribution in [-0.4, -0.2) is 56.2 Å². The summed E-state index contributed by atoms with van der Waals surface area (Å²) in [5, 5.41) is 2.82. The molecule has 6 heteroatoms. The predicted molar refractivity (Wildman–Crippen MR) is 85.3 cm³/mol. The number of nitrogens with one attached hydrogen (secondary N) is 1. The standard InChI is InChI=1S/C17H22N2O4/c1-22-10-13-8-14(23-2)9-19(13)17(21)6-11-3-4-12-7-16(20)18-15(12)5-11/h3-5,13-14H,6-10H2,1-2H3,(H,18,20)/t13-,14+/m0/s1. The lowest BCUT2D eigenvalue weighted by Crippen LogP contribution is -2.39. The summed E-state index contributed by atoms with van der Waals surface area (Å²) in [6, 6.07) is 5.80. The minimum Gasteiger partial charge on any atom is -0.383 e. The molecule has 3 rings (SSSR count). The quantitative estimate of drug-likeness (QED) is 0.879. The lowest BCUT2D eigenvalue weighted by atomic mass is 10.1. The molecule has 1 aromatic rings. The van der Waals surface area contributed by atoms with Gasteiger partial charge in [0.2, 0.25) is 11.8 Å². The summed E-state index contributed by atoms with van der Waals surface area (Å²) >= 11 is 0. The third kappa shape index (κ3) is 3.38. The minimum absolute atomic E-state index is 0.00566. The summed E-state index contributed by atoms with van der Waals surface area (Å²) in [6.45, 7) is 1.12. The normalized spacial score (nSPS) is 23.0. The molecule has 2 atom stereocenters. The molecule has 2 amide bonds. The highest BCUT2D eigenvalue weighted by Gasteiger charge is 2.35. The summed E-state index contributed by atoms with van der Waals surface area (Å²) in [7, 11) is 3.32. The fourth-order valence-electron chi connectivity index (χ4n) is 3.35. The van der Waals surface area contributed by atoms with Crippen molar-refractivity contribution in [3.8, 4) is 0 Å². The van der Waals surface area contributed by atoms with Crippen molar-refractivity contribution in [2.75, 3.05) is 32.7 Å². The summed E-state index contributed by atoms with van der Waals surface area (Å²) in [6.07, 6.45) is 1.61. The van der Waals surface area contributed by atoms with Gasteiger partial charge >= 0.3 is 0 Å². The number of rotatable bonds is 5. The van der Waals surface area contributed by atoms with Crippen LogP contribution in [0.1, 0.15) is 17.5 Å². The molecule has 1 saturated heterocycles. The highest BCUT2D eigenvalue weighted by atomic mass is 16.5. The van der Waals surface area contributed by atoms with E-state index in [1.807, 2.05) is 23.1 Å². The van der Waals surface area contributed by atoms with Gasteiger partial charge in [-0.05, 0) is 23.6 Å². The van der Waals surface area contributed by atoms with Crippen LogP contribution >= 0.6 is 0 Å². The monoisotopic (exact) mass is 318 g/mol. The van der Waals surface area contributed by atoms with Gasteiger partial charge in [-0.3, -0.25) is 9.59 Å². The number of hydrogen-bond donors (Lipinski definition) is 1. The SMILES string of the molecule is COC[C@@H]1C[C@@H](OC)CN1C(=O)Cc1ccc2c(c1)NC(=O)C2. The van der Waals surface area contributed by atoms with E-state index in [0.29, 0.717) is 26.0 Å². The average molecular weight is 318 g/mol. The Hall–Kier alpha value is -1.92. The lowest BCUT2D eigenvalue weighted by molar-refractivity contribution is -0.132. The molecule has 0 aromatic heterocycles. The van der Waals surface area contributed by atoms with Crippen LogP contribution in [0.5, 0.6) is 0 Å². The maximum Gasteiger partial charge on any atom is 0.228 e. The molecule has 0 spiro atoms. The number of ether oxygens (including phenoxy) is 2. The van der Waals surface area contributed by atoms with E-state index in [1.54, 1.807) is 14.2 Å². The Morgan fingerprint density at radius 2 is 2.22 bits per heavy atom. The molecule has 1 fully saturated rings. The van der Waals surface area contributed by atoms with Crippen LogP contribution in [0.3, 0.4) is 0 Å². The van der Waals surface area contributed by atoms with Crippen molar-refractivity contribution in [2.24, 2.45) is 0 Å². The maximum atomic E-state index is 12.7. The summed E-state index contributed by atoms with van der Waals surface area (Å²) < 4.78 is 10.6. The average Bonchev–Trinajstić information content (AvgIpc) is 3.09. The fraction of sp³-hybridized carbons (Fsp3) is 0.529. The van der Waals surface area contributed by atoms with Gasteiger partial charge in [-0.25, -0.2) is 0 Å². The Bertz CT molecular complexity index is 617. The first-order valence-electron chi connectivity index (χ1n) is 7.83. The number of hydrogen-bond acceptors (Lipinski definition) is 4. The molecule has 0 bridgehead atoms. The fourth-order valence-corrected chi connectivity index (χ4v) is 3.35. The predicted octanol–water partition coefficient (Wildman–Crippen LogP) is 0.986. The van der Waals surface area contributed by atoms with Gasteiger partial charge in [0.05, 0.1) is 31.6 Å². The van der Waals surface area contributed by atoms with E-state index in [-0.39, 0.29) is 24.0 Å². The van der Waals surface area contributed by atoms with Gasteiger partial charge < -0.3 is 19.7 Å². The molecule has 23 heavy (non-hydrogen) atoms. The van der Waals surface area contributed by atoms with Crippen molar-refractivity contribution in [3.63, 3.8) is 0 Å². The van der Waals surface area contributed by atoms with Gasteiger partial charge in [0, 0.05) is 26.5 Å². The van der Waals surface area contributed by atoms with Gasteiger partial charge in [-0.2, -0.15) is 0 Å². The molecular formula is C17H22N2O4. The second-order valence-corrected chi connectivity index (χ2v) is 6.14. The van der Waals surface area contributed by atoms with Crippen molar-refractivity contribution >= 4 is 17.5 Å². The van der Waals surface area contributed by atoms with E-state index >= 15 is 0 Å². The molecule has 124 valence electrons. The van der Waals surface area contributed by atoms with E-state index in [1.165, 1.54) is 0 Å². The minimum atomic E-state index is 0.00566. The zero-order valence-corrected chi connectivity index (χ0v) is 13.5. The van der Waals surface area contributed by atoms with Crippen molar-refractivity contribution < 1.29 is 19.1 Å². The molecule has 6 nitrogen and oxygen atoms in total. The first-order chi connectivity index (χ1) is 11.1. The smallest absolute Gasteiger partial charge is 0.228 e. The largest absolute Gasteiger partial charge is 0.383 e. The molecule has 0 saturated carbocycles. The lowest BCUT2D eigenvalue weighted by Gasteiger charge is -2.24. The topological polar surface area (TPSA) is 67.9 Å². The first-order valence-corrected chi connectivity index (χ1v) is 7.83. The number of nitrogens with zero attached hydrogens (tertiary/aromatic N) is 1. The van der Waals surface area contributed by atoms with Crippen LogP contribution in [0, 0.1) is 0 Å². The first kappa shape index (κ1) is 16.0. The summed E-state index contributed by atoms with van der Waals surface area (Å²) in [5.74, 6) is 0.0713. The molecule has 1 aromatic carbocycles. The van der Waals surface area contributed by atoms with Crippen LogP contribution in [0.4, 0.5) is 5.69 Å². The van der Waals surface area contributed by atoms with E-state index in [0.717, 1.165) is 23.2 Å². The Labute approximate surface area is 135 Å². The maximum absolute atomic E-state index is 12.7. The Kier molecular flexibility index (Phi) is 4.63. The number of carbonyl (C=O) groups is 2. The summed E-state index contributed by atoms with van der Waals surface area (Å²) in [4.78, 5) is 25.9. The second kappa shape index (κ2) is 6.68. The van der Waals surface area contributed by atoms with Gasteiger partial charge in [-0.15, -0.1) is 0 Å². The van der Waals surface area contributed by atoms with E-state index in [4.69, 9.17) is 9.47 Å². The Morgan fingerprint density at radius 3 is 2.96 bits per heavy atom. The van der Waals surface area contributed by atoms with E-state index < -0.39 is 0 Å². The van der Waals surface area contributed by atoms with Gasteiger partial charge in [0.15, 0.2) is 0 Å². The molecule has 2 heterocycles. The molecule has 1 N–H and O–H groups in total. The molecule has 0 radical (unpaired) electrons. The third-order valence-corrected chi connectivity index (χ3v) is 4.54. The third-order valence-electron chi connectivity index (χ3n) is 4.54. The highest BCUT2D eigenvalue weighted by molar-refractivity contribution is 5.99. The molecular weight excluding hydrogens is 296 g/mol. The number of likely N-dealkylation sites (tertiary alicyclic amines) is 1. The van der Waals surface area contributed by atoms with Crippen molar-refractivity contribution in [1.29, 1.82) is 0 Å². The Morgan fingerprint density at radius 1 is 1.39 bits per heavy atom. The summed E-state index contributed by atoms with van der Waals surface area (Å²) in [5.41, 5.74) is 2.72. The molecule has 2 aliphatic heterocycles. The van der Waals surface area contributed by atoms with Crippen molar-refractivity contribution in [3.05, 3.63) is 29.3 Å². The van der Waals surface area contributed by atoms with Crippen LogP contribution in [-0.2, 0) is 31.9 Å². The van der Waals surface area contributed by atoms with Crippen LogP contribution in [0.2, 0.25) is 0 Å². The van der Waals surface area contributed by atoms with Gasteiger partial charge in [-0.1, -0.05) is 12.1 Å². The van der Waals surface area contributed by atoms with E-state index in [2.05, 4.69) is 5.32 Å². The molecule has 0 aliphatic carbocycles. The van der Waals surface area contributed by atoms with Gasteiger partial charge in [0.25, 0.3) is 0 Å². The molecule has 0 unspecified atom stereocenters. The van der Waals surface area contributed by atoms with Crippen molar-refractivity contribution in [2.45, 2.75) is 31.4 Å². The van der Waals surface area contributed by atoms with Crippen LogP contribution in [0.25, 0.3) is 0 Å². The number of fused-ring (bicyclic) bond motifs is 1. The zero-order valence-electron chi connectivity index (χ0n) is 13.5. The van der Waals surface area contributed by atoms with E-state index in [9.17, 15) is 9.59 Å². The van der Waals surface area contributed by atoms with Crippen LogP contribution < -0.4 is 5.32 Å². The number of amides is 2. The Balaban J connectivity index is 1.69. The number of methoxy groups -OCH3 is 2. The highest BCUT2D eigenvalue weighted by Crippen LogP contribution is 2.26. The van der Waals surface area contributed by atoms with Gasteiger partial charge in [0.1, 0.15) is 0 Å². The van der Waals surface area contributed by atoms with Crippen LogP contribution in [0.15, 0.2) is 18.2 Å². The number of anilines is 1. The molecule has 2 aliphatic rings. The number of carbonyl (C=O) groups excluding carboxylic acids is 2. The second-order valence-electron chi connectivity index (χ2n) is 6.14. The zero-order chi connectivity index (χ0) is 16.4. The van der Waals surface area contributed by atoms with Crippen molar-refractivity contribution in [1.82, 2.24) is 4.90 Å².